The highest BCUT2D eigenvalue weighted by atomic mass is 127. The van der Waals surface area contributed by atoms with Gasteiger partial charge < -0.3 is 19.7 Å². The van der Waals surface area contributed by atoms with Gasteiger partial charge in [0.05, 0.1) is 14.2 Å². The number of halogens is 1. The van der Waals surface area contributed by atoms with Crippen LogP contribution in [-0.2, 0) is 13.0 Å². The Morgan fingerprint density at radius 2 is 1.85 bits per heavy atom. The maximum absolute atomic E-state index is 5.48. The summed E-state index contributed by atoms with van der Waals surface area (Å²) < 4.78 is 10.9. The number of nitrogens with one attached hydrogen (secondary N) is 1. The van der Waals surface area contributed by atoms with Crippen LogP contribution in [0.3, 0.4) is 0 Å². The van der Waals surface area contributed by atoms with Crippen molar-refractivity contribution in [3.8, 4) is 11.5 Å². The third-order valence-electron chi connectivity index (χ3n) is 6.62. The zero-order valence-corrected chi connectivity index (χ0v) is 19.0. The van der Waals surface area contributed by atoms with E-state index < -0.39 is 0 Å². The van der Waals surface area contributed by atoms with Gasteiger partial charge in [-0.3, -0.25) is 4.99 Å². The molecule has 2 aliphatic carbocycles. The van der Waals surface area contributed by atoms with E-state index in [2.05, 4.69) is 27.3 Å². The van der Waals surface area contributed by atoms with Crippen molar-refractivity contribution in [2.24, 2.45) is 16.3 Å². The van der Waals surface area contributed by atoms with Gasteiger partial charge in [0, 0.05) is 26.7 Å². The summed E-state index contributed by atoms with van der Waals surface area (Å²) in [6, 6.07) is 4.24. The minimum absolute atomic E-state index is 0. The Morgan fingerprint density at radius 3 is 2.37 bits per heavy atom. The fraction of sp³-hybridized carbons (Fsp3) is 0.667. The van der Waals surface area contributed by atoms with Crippen LogP contribution in [0, 0.1) is 11.3 Å². The number of guanidine groups is 1. The number of methoxy groups -OCH3 is 2. The first-order chi connectivity index (χ1) is 12.7. The number of aliphatic imine (C=N–C) groups is 1. The van der Waals surface area contributed by atoms with E-state index in [1.807, 2.05) is 7.05 Å². The average Bonchev–Trinajstić information content (AvgIpc) is 3.47. The number of rotatable bonds is 5. The second-order valence-corrected chi connectivity index (χ2v) is 8.04. The number of hydrogen-bond donors (Lipinski definition) is 1. The highest BCUT2D eigenvalue weighted by molar-refractivity contribution is 14.0. The van der Waals surface area contributed by atoms with E-state index in [0.717, 1.165) is 49.4 Å². The molecule has 0 bridgehead atoms. The molecule has 1 heterocycles. The lowest BCUT2D eigenvalue weighted by molar-refractivity contribution is 0.104. The third-order valence-corrected chi connectivity index (χ3v) is 6.62. The summed E-state index contributed by atoms with van der Waals surface area (Å²) in [6.45, 7) is 2.93. The predicted molar refractivity (Wildman–Crippen MR) is 119 cm³/mol. The molecule has 0 spiro atoms. The van der Waals surface area contributed by atoms with Gasteiger partial charge in [-0.1, -0.05) is 6.42 Å². The molecule has 0 amide bonds. The van der Waals surface area contributed by atoms with E-state index in [1.165, 1.54) is 43.2 Å². The van der Waals surface area contributed by atoms with Crippen LogP contribution in [0.5, 0.6) is 11.5 Å². The lowest BCUT2D eigenvalue weighted by Crippen LogP contribution is -2.50. The van der Waals surface area contributed by atoms with Gasteiger partial charge in [0.1, 0.15) is 0 Å². The van der Waals surface area contributed by atoms with Crippen molar-refractivity contribution in [3.63, 3.8) is 0 Å². The van der Waals surface area contributed by atoms with Gasteiger partial charge >= 0.3 is 0 Å². The third kappa shape index (κ3) is 4.00. The Balaban J connectivity index is 0.00000210. The molecule has 1 aromatic carbocycles. The van der Waals surface area contributed by atoms with E-state index in [9.17, 15) is 0 Å². The number of ether oxygens (including phenoxy) is 2. The fourth-order valence-electron chi connectivity index (χ4n) is 4.71. The summed E-state index contributed by atoms with van der Waals surface area (Å²) >= 11 is 0. The van der Waals surface area contributed by atoms with Crippen molar-refractivity contribution in [3.05, 3.63) is 23.3 Å². The largest absolute Gasteiger partial charge is 0.493 e. The molecule has 5 nitrogen and oxygen atoms in total. The molecule has 0 saturated heterocycles. The van der Waals surface area contributed by atoms with E-state index in [0.29, 0.717) is 5.41 Å². The molecule has 1 aromatic rings. The van der Waals surface area contributed by atoms with E-state index >= 15 is 0 Å². The molecular formula is C21H32IN3O2. The van der Waals surface area contributed by atoms with E-state index in [4.69, 9.17) is 9.47 Å². The quantitative estimate of drug-likeness (QED) is 0.391. The minimum Gasteiger partial charge on any atom is -0.493 e. The topological polar surface area (TPSA) is 46.1 Å². The molecule has 150 valence electrons. The molecule has 2 fully saturated rings. The van der Waals surface area contributed by atoms with Crippen LogP contribution < -0.4 is 14.8 Å². The van der Waals surface area contributed by atoms with Crippen molar-refractivity contribution in [2.75, 3.05) is 34.4 Å². The monoisotopic (exact) mass is 485 g/mol. The van der Waals surface area contributed by atoms with Crippen LogP contribution in [-0.4, -0.2) is 45.2 Å². The van der Waals surface area contributed by atoms with Gasteiger partial charge in [-0.2, -0.15) is 0 Å². The number of fused-ring (bicyclic) bond motifs is 1. The molecule has 4 rings (SSSR count). The normalized spacial score (nSPS) is 20.9. The Labute approximate surface area is 179 Å². The molecule has 0 aromatic heterocycles. The van der Waals surface area contributed by atoms with Crippen LogP contribution in [0.25, 0.3) is 0 Å². The second-order valence-electron chi connectivity index (χ2n) is 8.04. The maximum Gasteiger partial charge on any atom is 0.193 e. The first-order valence-corrected chi connectivity index (χ1v) is 9.88. The predicted octanol–water partition coefficient (Wildman–Crippen LogP) is 3.84. The number of benzene rings is 1. The molecule has 27 heavy (non-hydrogen) atoms. The lowest BCUT2D eigenvalue weighted by Gasteiger charge is -2.44. The Morgan fingerprint density at radius 1 is 1.19 bits per heavy atom. The van der Waals surface area contributed by atoms with Gasteiger partial charge in [0.15, 0.2) is 17.5 Å². The summed E-state index contributed by atoms with van der Waals surface area (Å²) in [7, 11) is 5.29. The van der Waals surface area contributed by atoms with E-state index in [1.54, 1.807) is 14.2 Å². The number of nitrogens with zero attached hydrogens (tertiary/aromatic N) is 2. The first kappa shape index (κ1) is 20.6. The first-order valence-electron chi connectivity index (χ1n) is 9.88. The second kappa shape index (κ2) is 8.45. The van der Waals surface area contributed by atoms with Gasteiger partial charge in [0.25, 0.3) is 0 Å². The summed E-state index contributed by atoms with van der Waals surface area (Å²) in [5.41, 5.74) is 3.21. The molecule has 1 aliphatic heterocycles. The smallest absolute Gasteiger partial charge is 0.193 e. The summed E-state index contributed by atoms with van der Waals surface area (Å²) in [4.78, 5) is 6.95. The maximum atomic E-state index is 5.48. The SMILES string of the molecule is CN=C(NCC1(C2CC2)CCC1)N1CCc2cc(OC)c(OC)cc2C1.I. The molecule has 3 aliphatic rings. The fourth-order valence-corrected chi connectivity index (χ4v) is 4.71. The van der Waals surface area contributed by atoms with Crippen molar-refractivity contribution in [2.45, 2.75) is 45.1 Å². The van der Waals surface area contributed by atoms with Crippen molar-refractivity contribution < 1.29 is 9.47 Å². The molecule has 1 N–H and O–H groups in total. The highest BCUT2D eigenvalue weighted by Crippen LogP contribution is 2.56. The zero-order chi connectivity index (χ0) is 18.1. The number of hydrogen-bond acceptors (Lipinski definition) is 3. The van der Waals surface area contributed by atoms with Crippen LogP contribution in [0.4, 0.5) is 0 Å². The van der Waals surface area contributed by atoms with Crippen LogP contribution in [0.2, 0.25) is 0 Å². The Kier molecular flexibility index (Phi) is 6.43. The Hall–Kier alpha value is -1.18. The van der Waals surface area contributed by atoms with Crippen molar-refractivity contribution in [1.82, 2.24) is 10.2 Å². The standard InChI is InChI=1S/C21H31N3O2.HI/c1-22-20(23-14-21(8-4-9-21)17-5-6-17)24-10-7-15-11-18(25-2)19(26-3)12-16(15)13-24;/h11-12,17H,4-10,13-14H2,1-3H3,(H,22,23);1H. The molecule has 0 radical (unpaired) electrons. The molecular weight excluding hydrogens is 453 g/mol. The Bertz CT molecular complexity index is 699. The minimum atomic E-state index is 0. The summed E-state index contributed by atoms with van der Waals surface area (Å²) in [6.07, 6.45) is 8.04. The van der Waals surface area contributed by atoms with Crippen LogP contribution in [0.15, 0.2) is 17.1 Å². The van der Waals surface area contributed by atoms with Crippen LogP contribution >= 0.6 is 24.0 Å². The summed E-state index contributed by atoms with van der Waals surface area (Å²) in [5.74, 6) is 3.62. The molecule has 0 atom stereocenters. The van der Waals surface area contributed by atoms with Gasteiger partial charge in [-0.15, -0.1) is 24.0 Å². The molecule has 2 saturated carbocycles. The zero-order valence-electron chi connectivity index (χ0n) is 16.7. The highest BCUT2D eigenvalue weighted by Gasteiger charge is 2.48. The van der Waals surface area contributed by atoms with Crippen molar-refractivity contribution in [1.29, 1.82) is 0 Å². The van der Waals surface area contributed by atoms with Gasteiger partial charge in [-0.25, -0.2) is 0 Å². The molecule has 6 heteroatoms. The molecule has 0 unspecified atom stereocenters. The van der Waals surface area contributed by atoms with Gasteiger partial charge in [-0.05, 0) is 66.7 Å². The summed E-state index contributed by atoms with van der Waals surface area (Å²) in [5, 5.41) is 3.71. The lowest BCUT2D eigenvalue weighted by atomic mass is 9.65. The van der Waals surface area contributed by atoms with Gasteiger partial charge in [0.2, 0.25) is 0 Å². The van der Waals surface area contributed by atoms with Crippen molar-refractivity contribution >= 4 is 29.9 Å². The van der Waals surface area contributed by atoms with Crippen LogP contribution in [0.1, 0.15) is 43.2 Å². The van der Waals surface area contributed by atoms with E-state index in [-0.39, 0.29) is 24.0 Å². The average molecular weight is 485 g/mol.